The van der Waals surface area contributed by atoms with Gasteiger partial charge in [-0.05, 0) is 13.8 Å². The molecule has 0 fully saturated rings. The normalized spacial score (nSPS) is 10.8. The molecule has 1 aromatic heterocycles. The molecule has 0 aliphatic carbocycles. The van der Waals surface area contributed by atoms with Crippen molar-refractivity contribution in [2.75, 3.05) is 5.75 Å². The first-order chi connectivity index (χ1) is 9.58. The first kappa shape index (κ1) is 14.6. The number of carbonyl (C=O) groups is 1. The molecule has 0 saturated carbocycles. The standard InChI is InChI=1S/C14H17N3O2S/c1-10(2)19-12(18)9-20-14-16-15-13(17(14)3)11-7-5-4-6-8-11/h4-8,10H,9H2,1-3H3. The summed E-state index contributed by atoms with van der Waals surface area (Å²) in [6.45, 7) is 3.66. The van der Waals surface area contributed by atoms with Crippen molar-refractivity contribution in [3.8, 4) is 11.4 Å². The summed E-state index contributed by atoms with van der Waals surface area (Å²) in [7, 11) is 1.89. The van der Waals surface area contributed by atoms with Gasteiger partial charge in [-0.3, -0.25) is 4.79 Å². The molecule has 0 radical (unpaired) electrons. The van der Waals surface area contributed by atoms with Crippen LogP contribution < -0.4 is 0 Å². The molecule has 0 aliphatic heterocycles. The molecule has 0 N–H and O–H groups in total. The van der Waals surface area contributed by atoms with Crippen LogP contribution in [0.1, 0.15) is 13.8 Å². The molecule has 0 unspecified atom stereocenters. The van der Waals surface area contributed by atoms with Gasteiger partial charge in [0.05, 0.1) is 11.9 Å². The van der Waals surface area contributed by atoms with E-state index in [4.69, 9.17) is 4.74 Å². The van der Waals surface area contributed by atoms with Gasteiger partial charge in [-0.1, -0.05) is 42.1 Å². The minimum Gasteiger partial charge on any atom is -0.462 e. The van der Waals surface area contributed by atoms with Crippen molar-refractivity contribution in [2.24, 2.45) is 7.05 Å². The average molecular weight is 291 g/mol. The second-order valence-corrected chi connectivity index (χ2v) is 5.50. The van der Waals surface area contributed by atoms with Crippen molar-refractivity contribution in [3.63, 3.8) is 0 Å². The van der Waals surface area contributed by atoms with E-state index in [1.165, 1.54) is 11.8 Å². The lowest BCUT2D eigenvalue weighted by Gasteiger charge is -2.07. The second-order valence-electron chi connectivity index (χ2n) is 4.56. The molecule has 0 saturated heterocycles. The molecule has 2 aromatic rings. The van der Waals surface area contributed by atoms with Crippen LogP contribution in [0, 0.1) is 0 Å². The number of thioether (sulfide) groups is 1. The Morgan fingerprint density at radius 2 is 2.00 bits per heavy atom. The van der Waals surface area contributed by atoms with Crippen molar-refractivity contribution >= 4 is 17.7 Å². The molecule has 6 heteroatoms. The maximum atomic E-state index is 11.5. The predicted octanol–water partition coefficient (Wildman–Crippen LogP) is 2.53. The van der Waals surface area contributed by atoms with Gasteiger partial charge < -0.3 is 9.30 Å². The quantitative estimate of drug-likeness (QED) is 0.626. The first-order valence-electron chi connectivity index (χ1n) is 6.35. The number of benzene rings is 1. The van der Waals surface area contributed by atoms with E-state index in [0.29, 0.717) is 5.16 Å². The van der Waals surface area contributed by atoms with Gasteiger partial charge in [-0.2, -0.15) is 0 Å². The van der Waals surface area contributed by atoms with Crippen LogP contribution in [-0.4, -0.2) is 32.6 Å². The van der Waals surface area contributed by atoms with E-state index >= 15 is 0 Å². The lowest BCUT2D eigenvalue weighted by atomic mass is 10.2. The highest BCUT2D eigenvalue weighted by atomic mass is 32.2. The zero-order valence-corrected chi connectivity index (χ0v) is 12.6. The van der Waals surface area contributed by atoms with Crippen LogP contribution in [0.3, 0.4) is 0 Å². The number of esters is 1. The SMILES string of the molecule is CC(C)OC(=O)CSc1nnc(-c2ccccc2)n1C. The van der Waals surface area contributed by atoms with Gasteiger partial charge in [0.25, 0.3) is 0 Å². The smallest absolute Gasteiger partial charge is 0.316 e. The van der Waals surface area contributed by atoms with Gasteiger partial charge >= 0.3 is 5.97 Å². The highest BCUT2D eigenvalue weighted by Gasteiger charge is 2.13. The molecule has 0 aliphatic rings. The Labute approximate surface area is 122 Å². The summed E-state index contributed by atoms with van der Waals surface area (Å²) in [5, 5.41) is 8.97. The summed E-state index contributed by atoms with van der Waals surface area (Å²) in [6, 6.07) is 9.82. The van der Waals surface area contributed by atoms with Gasteiger partial charge in [0.2, 0.25) is 0 Å². The summed E-state index contributed by atoms with van der Waals surface area (Å²) in [4.78, 5) is 11.5. The fourth-order valence-corrected chi connectivity index (χ4v) is 2.39. The van der Waals surface area contributed by atoms with Crippen LogP contribution >= 0.6 is 11.8 Å². The first-order valence-corrected chi connectivity index (χ1v) is 7.33. The number of hydrogen-bond acceptors (Lipinski definition) is 5. The van der Waals surface area contributed by atoms with Crippen LogP contribution in [0.4, 0.5) is 0 Å². The predicted molar refractivity (Wildman–Crippen MR) is 78.4 cm³/mol. The Morgan fingerprint density at radius 3 is 2.65 bits per heavy atom. The Balaban J connectivity index is 2.05. The fourth-order valence-electron chi connectivity index (χ4n) is 1.70. The maximum Gasteiger partial charge on any atom is 0.316 e. The Bertz CT molecular complexity index is 581. The lowest BCUT2D eigenvalue weighted by molar-refractivity contribution is -0.144. The highest BCUT2D eigenvalue weighted by Crippen LogP contribution is 2.22. The van der Waals surface area contributed by atoms with Crippen molar-refractivity contribution < 1.29 is 9.53 Å². The third-order valence-corrected chi connectivity index (χ3v) is 3.55. The number of nitrogens with zero attached hydrogens (tertiary/aromatic N) is 3. The van der Waals surface area contributed by atoms with E-state index < -0.39 is 0 Å². The van der Waals surface area contributed by atoms with Gasteiger partial charge in [-0.15, -0.1) is 10.2 Å². The molecule has 5 nitrogen and oxygen atoms in total. The van der Waals surface area contributed by atoms with Crippen LogP contribution in [-0.2, 0) is 16.6 Å². The minimum absolute atomic E-state index is 0.0949. The highest BCUT2D eigenvalue weighted by molar-refractivity contribution is 7.99. The molecule has 0 atom stereocenters. The van der Waals surface area contributed by atoms with Crippen LogP contribution in [0.5, 0.6) is 0 Å². The molecule has 106 valence electrons. The molecule has 1 aromatic carbocycles. The molecule has 2 rings (SSSR count). The molecule has 0 spiro atoms. The third-order valence-electron chi connectivity index (χ3n) is 2.55. The average Bonchev–Trinajstić information content (AvgIpc) is 2.78. The minimum atomic E-state index is -0.241. The van der Waals surface area contributed by atoms with Crippen molar-refractivity contribution in [2.45, 2.75) is 25.1 Å². The Kier molecular flexibility index (Phi) is 4.79. The number of carbonyl (C=O) groups excluding carboxylic acids is 1. The second kappa shape index (κ2) is 6.56. The summed E-state index contributed by atoms with van der Waals surface area (Å²) < 4.78 is 6.96. The number of rotatable bonds is 5. The summed E-state index contributed by atoms with van der Waals surface area (Å²) in [5.41, 5.74) is 0.999. The lowest BCUT2D eigenvalue weighted by Crippen LogP contribution is -2.13. The van der Waals surface area contributed by atoms with E-state index in [1.807, 2.05) is 55.8 Å². The van der Waals surface area contributed by atoms with E-state index in [-0.39, 0.29) is 17.8 Å². The largest absolute Gasteiger partial charge is 0.462 e. The fraction of sp³-hybridized carbons (Fsp3) is 0.357. The van der Waals surface area contributed by atoms with Gasteiger partial charge in [0.1, 0.15) is 0 Å². The van der Waals surface area contributed by atoms with Gasteiger partial charge in [0.15, 0.2) is 11.0 Å². The summed E-state index contributed by atoms with van der Waals surface area (Å²) >= 11 is 1.33. The molecular weight excluding hydrogens is 274 g/mol. The van der Waals surface area contributed by atoms with Crippen LogP contribution in [0.2, 0.25) is 0 Å². The zero-order valence-electron chi connectivity index (χ0n) is 11.7. The maximum absolute atomic E-state index is 11.5. The van der Waals surface area contributed by atoms with E-state index in [1.54, 1.807) is 0 Å². The van der Waals surface area contributed by atoms with Gasteiger partial charge in [-0.25, -0.2) is 0 Å². The topological polar surface area (TPSA) is 57.0 Å². The third kappa shape index (κ3) is 3.60. The van der Waals surface area contributed by atoms with Crippen LogP contribution in [0.25, 0.3) is 11.4 Å². The molecular formula is C14H17N3O2S. The van der Waals surface area contributed by atoms with Gasteiger partial charge in [0, 0.05) is 12.6 Å². The van der Waals surface area contributed by atoms with E-state index in [2.05, 4.69) is 10.2 Å². The van der Waals surface area contributed by atoms with E-state index in [9.17, 15) is 4.79 Å². The number of ether oxygens (including phenoxy) is 1. The molecule has 1 heterocycles. The van der Waals surface area contributed by atoms with Crippen molar-refractivity contribution in [1.29, 1.82) is 0 Å². The van der Waals surface area contributed by atoms with E-state index in [0.717, 1.165) is 11.4 Å². The molecule has 0 amide bonds. The van der Waals surface area contributed by atoms with Crippen molar-refractivity contribution in [3.05, 3.63) is 30.3 Å². The molecule has 20 heavy (non-hydrogen) atoms. The Hall–Kier alpha value is -1.82. The van der Waals surface area contributed by atoms with Crippen LogP contribution in [0.15, 0.2) is 35.5 Å². The Morgan fingerprint density at radius 1 is 1.30 bits per heavy atom. The van der Waals surface area contributed by atoms with Crippen molar-refractivity contribution in [1.82, 2.24) is 14.8 Å². The molecule has 0 bridgehead atoms. The number of aromatic nitrogens is 3. The number of hydrogen-bond donors (Lipinski definition) is 0. The monoisotopic (exact) mass is 291 g/mol. The zero-order chi connectivity index (χ0) is 14.5. The summed E-state index contributed by atoms with van der Waals surface area (Å²) in [5.74, 6) is 0.776. The summed E-state index contributed by atoms with van der Waals surface area (Å²) in [6.07, 6.45) is -0.0949.